The van der Waals surface area contributed by atoms with Crippen molar-refractivity contribution in [3.05, 3.63) is 22.6 Å². The first-order valence-corrected chi connectivity index (χ1v) is 8.45. The van der Waals surface area contributed by atoms with E-state index in [2.05, 4.69) is 22.0 Å². The lowest BCUT2D eigenvalue weighted by atomic mass is 10.3. The molecule has 0 N–H and O–H groups in total. The van der Waals surface area contributed by atoms with Crippen LogP contribution < -0.4 is 0 Å². The van der Waals surface area contributed by atoms with E-state index < -0.39 is 14.4 Å². The first kappa shape index (κ1) is 11.5. The van der Waals surface area contributed by atoms with E-state index in [4.69, 9.17) is 14.1 Å². The third-order valence-electron chi connectivity index (χ3n) is 1.44. The monoisotopic (exact) mass is 273 g/mol. The highest BCUT2D eigenvalue weighted by Crippen LogP contribution is 2.25. The Hall–Kier alpha value is -0.573. The van der Waals surface area contributed by atoms with Gasteiger partial charge in [0.25, 0.3) is 0 Å². The van der Waals surface area contributed by atoms with Gasteiger partial charge in [-0.15, -0.1) is 0 Å². The van der Waals surface area contributed by atoms with E-state index in [9.17, 15) is 0 Å². The molecular weight excluding hydrogens is 262 g/mol. The van der Waals surface area contributed by atoms with Crippen molar-refractivity contribution < 1.29 is 8.84 Å². The summed E-state index contributed by atoms with van der Waals surface area (Å²) in [6.07, 6.45) is -0.590. The van der Waals surface area contributed by atoms with E-state index in [-0.39, 0.29) is 0 Å². The average Bonchev–Trinajstić information content (AvgIpc) is 2.46. The second kappa shape index (κ2) is 4.30. The summed E-state index contributed by atoms with van der Waals surface area (Å²) in [5.74, 6) is 0.557. The molecule has 1 atom stereocenters. The van der Waals surface area contributed by atoms with Crippen LogP contribution >= 0.6 is 15.9 Å². The zero-order valence-electron chi connectivity index (χ0n) is 8.37. The Labute approximate surface area is 92.9 Å². The normalized spacial score (nSPS) is 13.6. The van der Waals surface area contributed by atoms with Crippen molar-refractivity contribution in [2.45, 2.75) is 25.7 Å². The van der Waals surface area contributed by atoms with Gasteiger partial charge in [-0.05, 0) is 47.7 Å². The van der Waals surface area contributed by atoms with E-state index in [1.54, 1.807) is 12.1 Å². The van der Waals surface area contributed by atoms with Gasteiger partial charge in [-0.25, -0.2) is 0 Å². The van der Waals surface area contributed by atoms with Crippen LogP contribution in [0.5, 0.6) is 0 Å². The van der Waals surface area contributed by atoms with Crippen molar-refractivity contribution in [2.75, 3.05) is 0 Å². The van der Waals surface area contributed by atoms with Gasteiger partial charge in [-0.2, -0.15) is 5.26 Å². The molecule has 0 bridgehead atoms. The molecule has 5 heteroatoms. The molecule has 0 fully saturated rings. The molecule has 0 aliphatic carbocycles. The number of nitrogens with zero attached hydrogens (tertiary/aromatic N) is 1. The van der Waals surface area contributed by atoms with Gasteiger partial charge in [0, 0.05) is 0 Å². The maximum Gasteiger partial charge on any atom is 0.192 e. The van der Waals surface area contributed by atoms with E-state index in [0.29, 0.717) is 10.4 Å². The lowest BCUT2D eigenvalue weighted by Gasteiger charge is -2.19. The van der Waals surface area contributed by atoms with E-state index in [0.717, 1.165) is 0 Å². The minimum Gasteiger partial charge on any atom is -0.450 e. The summed E-state index contributed by atoms with van der Waals surface area (Å²) < 4.78 is 11.5. The van der Waals surface area contributed by atoms with Crippen molar-refractivity contribution in [1.29, 1.82) is 5.26 Å². The molecule has 0 saturated carbocycles. The molecular formula is C9H12BrNO2Si. The molecule has 0 radical (unpaired) electrons. The Morgan fingerprint density at radius 1 is 1.50 bits per heavy atom. The molecule has 1 unspecified atom stereocenters. The van der Waals surface area contributed by atoms with Gasteiger partial charge in [-0.3, -0.25) is 0 Å². The predicted octanol–water partition coefficient (Wildman–Crippen LogP) is 3.46. The van der Waals surface area contributed by atoms with Crippen molar-refractivity contribution in [1.82, 2.24) is 0 Å². The van der Waals surface area contributed by atoms with Crippen LogP contribution in [-0.2, 0) is 4.43 Å². The second-order valence-electron chi connectivity index (χ2n) is 3.88. The molecule has 0 spiro atoms. The van der Waals surface area contributed by atoms with Crippen LogP contribution in [0.2, 0.25) is 19.6 Å². The molecule has 1 aromatic rings. The summed E-state index contributed by atoms with van der Waals surface area (Å²) >= 11 is 3.19. The van der Waals surface area contributed by atoms with Gasteiger partial charge in [0.1, 0.15) is 11.8 Å². The Bertz CT molecular complexity index is 350. The molecule has 1 aromatic heterocycles. The summed E-state index contributed by atoms with van der Waals surface area (Å²) in [5, 5.41) is 8.92. The van der Waals surface area contributed by atoms with Gasteiger partial charge < -0.3 is 8.84 Å². The van der Waals surface area contributed by atoms with Crippen LogP contribution in [0, 0.1) is 11.3 Å². The molecule has 0 aromatic carbocycles. The second-order valence-corrected chi connectivity index (χ2v) is 9.12. The minimum absolute atomic E-state index is 0.557. The Kier molecular flexibility index (Phi) is 3.53. The number of halogens is 1. The molecule has 0 saturated heterocycles. The Morgan fingerprint density at radius 2 is 2.14 bits per heavy atom. The van der Waals surface area contributed by atoms with Gasteiger partial charge in [0.15, 0.2) is 19.1 Å². The third-order valence-corrected chi connectivity index (χ3v) is 2.81. The van der Waals surface area contributed by atoms with Crippen LogP contribution in [0.15, 0.2) is 21.2 Å². The van der Waals surface area contributed by atoms with Gasteiger partial charge in [-0.1, -0.05) is 0 Å². The maximum absolute atomic E-state index is 8.92. The van der Waals surface area contributed by atoms with Gasteiger partial charge in [0.2, 0.25) is 0 Å². The molecule has 0 aliphatic rings. The molecule has 76 valence electrons. The molecule has 14 heavy (non-hydrogen) atoms. The summed E-state index contributed by atoms with van der Waals surface area (Å²) in [5.41, 5.74) is 0. The standard InChI is InChI=1S/C9H12BrNO2Si/c1-14(2,3)13-8(6-11)7-4-5-9(10)12-7/h4-5,8H,1-3H3. The highest BCUT2D eigenvalue weighted by atomic mass is 79.9. The van der Waals surface area contributed by atoms with Crippen LogP contribution in [0.1, 0.15) is 11.9 Å². The fraction of sp³-hybridized carbons (Fsp3) is 0.444. The van der Waals surface area contributed by atoms with Crippen molar-refractivity contribution in [2.24, 2.45) is 0 Å². The summed E-state index contributed by atoms with van der Waals surface area (Å²) in [6, 6.07) is 5.59. The summed E-state index contributed by atoms with van der Waals surface area (Å²) in [4.78, 5) is 0. The minimum atomic E-state index is -1.71. The van der Waals surface area contributed by atoms with Crippen LogP contribution in [0.25, 0.3) is 0 Å². The fourth-order valence-electron chi connectivity index (χ4n) is 0.971. The van der Waals surface area contributed by atoms with Crippen molar-refractivity contribution >= 4 is 24.2 Å². The number of furan rings is 1. The quantitative estimate of drug-likeness (QED) is 0.793. The van der Waals surface area contributed by atoms with Crippen LogP contribution in [-0.4, -0.2) is 8.32 Å². The molecule has 3 nitrogen and oxygen atoms in total. The first-order chi connectivity index (χ1) is 6.42. The van der Waals surface area contributed by atoms with Crippen LogP contribution in [0.4, 0.5) is 0 Å². The lowest BCUT2D eigenvalue weighted by Crippen LogP contribution is -2.27. The zero-order valence-corrected chi connectivity index (χ0v) is 11.0. The molecule has 1 heterocycles. The van der Waals surface area contributed by atoms with Crippen LogP contribution in [0.3, 0.4) is 0 Å². The predicted molar refractivity (Wildman–Crippen MR) is 59.2 cm³/mol. The summed E-state index contributed by atoms with van der Waals surface area (Å²) in [7, 11) is -1.71. The topological polar surface area (TPSA) is 46.2 Å². The average molecular weight is 274 g/mol. The van der Waals surface area contributed by atoms with E-state index in [1.165, 1.54) is 0 Å². The molecule has 1 rings (SSSR count). The lowest BCUT2D eigenvalue weighted by molar-refractivity contribution is 0.220. The summed E-state index contributed by atoms with van der Waals surface area (Å²) in [6.45, 7) is 6.11. The van der Waals surface area contributed by atoms with Crippen molar-refractivity contribution in [3.8, 4) is 6.07 Å². The zero-order chi connectivity index (χ0) is 10.8. The smallest absolute Gasteiger partial charge is 0.192 e. The van der Waals surface area contributed by atoms with E-state index in [1.807, 2.05) is 19.6 Å². The Balaban J connectivity index is 2.79. The third kappa shape index (κ3) is 3.29. The number of hydrogen-bond acceptors (Lipinski definition) is 3. The van der Waals surface area contributed by atoms with Gasteiger partial charge in [0.05, 0.1) is 0 Å². The first-order valence-electron chi connectivity index (χ1n) is 4.25. The Morgan fingerprint density at radius 3 is 2.50 bits per heavy atom. The van der Waals surface area contributed by atoms with Crippen molar-refractivity contribution in [3.63, 3.8) is 0 Å². The number of rotatable bonds is 3. The molecule has 0 aliphatic heterocycles. The molecule has 0 amide bonds. The van der Waals surface area contributed by atoms with E-state index >= 15 is 0 Å². The highest BCUT2D eigenvalue weighted by molar-refractivity contribution is 9.10. The SMILES string of the molecule is C[Si](C)(C)OC(C#N)c1ccc(Br)o1. The largest absolute Gasteiger partial charge is 0.450 e. The highest BCUT2D eigenvalue weighted by Gasteiger charge is 2.24. The maximum atomic E-state index is 8.92. The number of hydrogen-bond donors (Lipinski definition) is 0. The fourth-order valence-corrected chi connectivity index (χ4v) is 2.17. The number of nitriles is 1. The van der Waals surface area contributed by atoms with Gasteiger partial charge >= 0.3 is 0 Å².